The van der Waals surface area contributed by atoms with E-state index in [1.54, 1.807) is 19.2 Å². The summed E-state index contributed by atoms with van der Waals surface area (Å²) in [5.74, 6) is 0.903. The van der Waals surface area contributed by atoms with Gasteiger partial charge in [0.2, 0.25) is 11.8 Å². The standard InChI is InChI=1S/C21H19N3O4S/c1-27-15-8-6-14(7-9-15)16-13-29-21(22-16)23-19(25)12-24-17-4-2-3-5-18(17)28-11-10-20(24)26/h2-9,13H,10-12H2,1H3,(H,22,23,25). The molecular weight excluding hydrogens is 390 g/mol. The van der Waals surface area contributed by atoms with Crippen molar-refractivity contribution in [2.24, 2.45) is 0 Å². The van der Waals surface area contributed by atoms with Crippen LogP contribution in [0.5, 0.6) is 11.5 Å². The molecule has 3 aromatic rings. The molecule has 7 nitrogen and oxygen atoms in total. The third-order valence-corrected chi connectivity index (χ3v) is 5.23. The van der Waals surface area contributed by atoms with Gasteiger partial charge in [0.15, 0.2) is 5.13 Å². The Balaban J connectivity index is 1.46. The predicted octanol–water partition coefficient (Wildman–Crippen LogP) is 3.57. The molecule has 29 heavy (non-hydrogen) atoms. The van der Waals surface area contributed by atoms with E-state index in [-0.39, 0.29) is 24.8 Å². The lowest BCUT2D eigenvalue weighted by Crippen LogP contribution is -2.37. The molecule has 0 fully saturated rings. The number of carbonyl (C=O) groups excluding carboxylic acids is 2. The number of anilines is 2. The summed E-state index contributed by atoms with van der Waals surface area (Å²) in [6, 6.07) is 14.8. The minimum absolute atomic E-state index is 0.101. The number of rotatable bonds is 5. The molecule has 148 valence electrons. The Morgan fingerprint density at radius 3 is 2.83 bits per heavy atom. The molecule has 2 heterocycles. The number of benzene rings is 2. The molecule has 1 aliphatic rings. The average molecular weight is 409 g/mol. The van der Waals surface area contributed by atoms with Crippen LogP contribution in [0.4, 0.5) is 10.8 Å². The Labute approximate surface area is 171 Å². The van der Waals surface area contributed by atoms with Gasteiger partial charge in [-0.1, -0.05) is 12.1 Å². The van der Waals surface area contributed by atoms with Gasteiger partial charge in [0, 0.05) is 10.9 Å². The second-order valence-electron chi connectivity index (χ2n) is 6.36. The van der Waals surface area contributed by atoms with Gasteiger partial charge in [0.05, 0.1) is 31.5 Å². The van der Waals surface area contributed by atoms with Gasteiger partial charge in [-0.15, -0.1) is 11.3 Å². The van der Waals surface area contributed by atoms with Crippen LogP contribution in [0.2, 0.25) is 0 Å². The number of fused-ring (bicyclic) bond motifs is 1. The summed E-state index contributed by atoms with van der Waals surface area (Å²) in [6.07, 6.45) is 0.223. The van der Waals surface area contributed by atoms with E-state index < -0.39 is 0 Å². The Morgan fingerprint density at radius 1 is 1.24 bits per heavy atom. The fraction of sp³-hybridized carbons (Fsp3) is 0.190. The van der Waals surface area contributed by atoms with Gasteiger partial charge in [-0.05, 0) is 36.4 Å². The number of aromatic nitrogens is 1. The second kappa shape index (κ2) is 8.32. The van der Waals surface area contributed by atoms with E-state index in [0.717, 1.165) is 17.0 Å². The van der Waals surface area contributed by atoms with Crippen molar-refractivity contribution >= 4 is 34.0 Å². The maximum absolute atomic E-state index is 12.6. The van der Waals surface area contributed by atoms with Crippen molar-refractivity contribution in [1.29, 1.82) is 0 Å². The summed E-state index contributed by atoms with van der Waals surface area (Å²) in [6.45, 7) is 0.197. The lowest BCUT2D eigenvalue weighted by molar-refractivity contribution is -0.121. The number of ether oxygens (including phenoxy) is 2. The van der Waals surface area contributed by atoms with E-state index in [1.807, 2.05) is 41.8 Å². The maximum atomic E-state index is 12.6. The summed E-state index contributed by atoms with van der Waals surface area (Å²) < 4.78 is 10.8. The molecule has 0 radical (unpaired) electrons. The summed E-state index contributed by atoms with van der Waals surface area (Å²) >= 11 is 1.33. The normalized spacial score (nSPS) is 13.3. The molecule has 1 N–H and O–H groups in total. The first kappa shape index (κ1) is 18.9. The van der Waals surface area contributed by atoms with Crippen LogP contribution < -0.4 is 19.7 Å². The molecule has 1 aromatic heterocycles. The zero-order valence-corrected chi connectivity index (χ0v) is 16.6. The molecule has 0 bridgehead atoms. The first-order chi connectivity index (χ1) is 14.1. The van der Waals surface area contributed by atoms with E-state index in [9.17, 15) is 9.59 Å². The summed E-state index contributed by atoms with van der Waals surface area (Å²) in [5.41, 5.74) is 2.29. The fourth-order valence-corrected chi connectivity index (χ4v) is 3.76. The van der Waals surface area contributed by atoms with Gasteiger partial charge in [0.25, 0.3) is 0 Å². The van der Waals surface area contributed by atoms with E-state index in [1.165, 1.54) is 16.2 Å². The first-order valence-corrected chi connectivity index (χ1v) is 9.94. The summed E-state index contributed by atoms with van der Waals surface area (Å²) in [5, 5.41) is 5.13. The highest BCUT2D eigenvalue weighted by atomic mass is 32.1. The third kappa shape index (κ3) is 4.22. The highest BCUT2D eigenvalue weighted by molar-refractivity contribution is 7.14. The monoisotopic (exact) mass is 409 g/mol. The second-order valence-corrected chi connectivity index (χ2v) is 7.22. The molecule has 8 heteroatoms. The zero-order valence-electron chi connectivity index (χ0n) is 15.8. The van der Waals surface area contributed by atoms with Gasteiger partial charge in [-0.3, -0.25) is 14.5 Å². The molecule has 2 amide bonds. The highest BCUT2D eigenvalue weighted by Crippen LogP contribution is 2.31. The predicted molar refractivity (Wildman–Crippen MR) is 112 cm³/mol. The van der Waals surface area contributed by atoms with Crippen LogP contribution in [-0.4, -0.2) is 37.1 Å². The number of thiazole rings is 1. The van der Waals surface area contributed by atoms with Crippen molar-refractivity contribution < 1.29 is 19.1 Å². The minimum atomic E-state index is -0.314. The van der Waals surface area contributed by atoms with E-state index in [0.29, 0.717) is 23.2 Å². The number of nitrogens with zero attached hydrogens (tertiary/aromatic N) is 2. The third-order valence-electron chi connectivity index (χ3n) is 4.47. The number of amides is 2. The van der Waals surface area contributed by atoms with Crippen molar-refractivity contribution in [3.05, 3.63) is 53.9 Å². The van der Waals surface area contributed by atoms with Crippen molar-refractivity contribution in [1.82, 2.24) is 4.98 Å². The number of hydrogen-bond donors (Lipinski definition) is 1. The minimum Gasteiger partial charge on any atom is -0.497 e. The lowest BCUT2D eigenvalue weighted by Gasteiger charge is -2.20. The van der Waals surface area contributed by atoms with Crippen LogP contribution in [0.3, 0.4) is 0 Å². The van der Waals surface area contributed by atoms with Crippen LogP contribution in [0, 0.1) is 0 Å². The molecule has 0 spiro atoms. The fourth-order valence-electron chi connectivity index (χ4n) is 3.02. The summed E-state index contributed by atoms with van der Waals surface area (Å²) in [7, 11) is 1.62. The highest BCUT2D eigenvalue weighted by Gasteiger charge is 2.25. The molecule has 0 unspecified atom stereocenters. The van der Waals surface area contributed by atoms with Gasteiger partial charge < -0.3 is 14.8 Å². The van der Waals surface area contributed by atoms with E-state index in [2.05, 4.69) is 10.3 Å². The largest absolute Gasteiger partial charge is 0.497 e. The molecule has 2 aromatic carbocycles. The van der Waals surface area contributed by atoms with Gasteiger partial charge in [-0.25, -0.2) is 4.98 Å². The Hall–Kier alpha value is -3.39. The average Bonchev–Trinajstić information content (AvgIpc) is 3.14. The zero-order chi connectivity index (χ0) is 20.2. The first-order valence-electron chi connectivity index (χ1n) is 9.06. The van der Waals surface area contributed by atoms with E-state index >= 15 is 0 Å². The smallest absolute Gasteiger partial charge is 0.246 e. The molecule has 0 atom stereocenters. The van der Waals surface area contributed by atoms with Crippen LogP contribution in [0.15, 0.2) is 53.9 Å². The molecule has 0 aliphatic carbocycles. The van der Waals surface area contributed by atoms with Gasteiger partial charge in [-0.2, -0.15) is 0 Å². The molecule has 0 saturated heterocycles. The number of carbonyl (C=O) groups is 2. The number of para-hydroxylation sites is 2. The van der Waals surface area contributed by atoms with Crippen LogP contribution >= 0.6 is 11.3 Å². The molecule has 4 rings (SSSR count). The molecule has 1 aliphatic heterocycles. The topological polar surface area (TPSA) is 80.8 Å². The summed E-state index contributed by atoms with van der Waals surface area (Å²) in [4.78, 5) is 31.0. The van der Waals surface area contributed by atoms with Crippen LogP contribution in [-0.2, 0) is 9.59 Å². The Bertz CT molecular complexity index is 1030. The van der Waals surface area contributed by atoms with Crippen molar-refractivity contribution in [3.63, 3.8) is 0 Å². The van der Waals surface area contributed by atoms with Gasteiger partial charge in [0.1, 0.15) is 18.0 Å². The van der Waals surface area contributed by atoms with Crippen LogP contribution in [0.25, 0.3) is 11.3 Å². The number of methoxy groups -OCH3 is 1. The maximum Gasteiger partial charge on any atom is 0.246 e. The molecule has 0 saturated carbocycles. The van der Waals surface area contributed by atoms with Crippen molar-refractivity contribution in [2.75, 3.05) is 30.5 Å². The van der Waals surface area contributed by atoms with Crippen molar-refractivity contribution in [3.8, 4) is 22.8 Å². The van der Waals surface area contributed by atoms with Crippen molar-refractivity contribution in [2.45, 2.75) is 6.42 Å². The van der Waals surface area contributed by atoms with Gasteiger partial charge >= 0.3 is 0 Å². The lowest BCUT2D eigenvalue weighted by atomic mass is 10.2. The Kier molecular flexibility index (Phi) is 5.44. The quantitative estimate of drug-likeness (QED) is 0.697. The van der Waals surface area contributed by atoms with E-state index in [4.69, 9.17) is 9.47 Å². The SMILES string of the molecule is COc1ccc(-c2csc(NC(=O)CN3C(=O)CCOc4ccccc43)n2)cc1. The molecular formula is C21H19N3O4S. The number of hydrogen-bond acceptors (Lipinski definition) is 6. The number of nitrogens with one attached hydrogen (secondary N) is 1. The van der Waals surface area contributed by atoms with Crippen LogP contribution in [0.1, 0.15) is 6.42 Å². The Morgan fingerprint density at radius 2 is 2.03 bits per heavy atom.